The van der Waals surface area contributed by atoms with Crippen molar-refractivity contribution in [3.63, 3.8) is 0 Å². The van der Waals surface area contributed by atoms with Crippen LogP contribution in [0.2, 0.25) is 0 Å². The third kappa shape index (κ3) is 3.58. The second kappa shape index (κ2) is 8.33. The molecule has 0 spiro atoms. The van der Waals surface area contributed by atoms with Crippen molar-refractivity contribution in [3.05, 3.63) is 82.4 Å². The SMILES string of the molecule is COc1ccc([S+](c2c(F)c(F)c(F)c(F)c2F)c2c(F)c(F)c(F)c(F)c2F)cc1. The molecule has 12 heteroatoms. The Hall–Kier alpha value is -2.89. The van der Waals surface area contributed by atoms with Crippen LogP contribution in [0.1, 0.15) is 0 Å². The summed E-state index contributed by atoms with van der Waals surface area (Å²) in [4.78, 5) is -4.07. The molecule has 1 nitrogen and oxygen atoms in total. The third-order valence-electron chi connectivity index (χ3n) is 4.04. The van der Waals surface area contributed by atoms with E-state index >= 15 is 0 Å². The average Bonchev–Trinajstić information content (AvgIpc) is 2.78. The van der Waals surface area contributed by atoms with Gasteiger partial charge in [0.25, 0.3) is 0 Å². The van der Waals surface area contributed by atoms with E-state index in [9.17, 15) is 43.9 Å². The van der Waals surface area contributed by atoms with Crippen LogP contribution in [0.5, 0.6) is 5.75 Å². The van der Waals surface area contributed by atoms with Crippen LogP contribution in [0.4, 0.5) is 43.9 Å². The molecule has 0 saturated heterocycles. The van der Waals surface area contributed by atoms with E-state index in [0.717, 1.165) is 24.3 Å². The van der Waals surface area contributed by atoms with Gasteiger partial charge >= 0.3 is 0 Å². The Morgan fingerprint density at radius 2 is 0.774 bits per heavy atom. The Morgan fingerprint density at radius 1 is 0.484 bits per heavy atom. The van der Waals surface area contributed by atoms with Gasteiger partial charge in [-0.05, 0) is 24.3 Å². The Labute approximate surface area is 170 Å². The van der Waals surface area contributed by atoms with E-state index in [1.165, 1.54) is 7.11 Å². The highest BCUT2D eigenvalue weighted by atomic mass is 32.2. The molecular weight excluding hydrogens is 466 g/mol. The largest absolute Gasteiger partial charge is 0.497 e. The average molecular weight is 473 g/mol. The molecule has 0 heterocycles. The van der Waals surface area contributed by atoms with E-state index in [1.54, 1.807) is 0 Å². The molecule has 3 rings (SSSR count). The predicted molar refractivity (Wildman–Crippen MR) is 87.6 cm³/mol. The number of hydrogen-bond donors (Lipinski definition) is 0. The minimum absolute atomic E-state index is 0.113. The second-order valence-electron chi connectivity index (χ2n) is 5.78. The molecule has 0 bridgehead atoms. The Balaban J connectivity index is 2.48. The van der Waals surface area contributed by atoms with Crippen LogP contribution < -0.4 is 4.74 Å². The molecule has 0 aromatic heterocycles. The highest BCUT2D eigenvalue weighted by Gasteiger charge is 2.47. The first-order valence-electron chi connectivity index (χ1n) is 7.94. The van der Waals surface area contributed by atoms with Crippen LogP contribution >= 0.6 is 0 Å². The lowest BCUT2D eigenvalue weighted by Gasteiger charge is -2.13. The molecule has 0 N–H and O–H groups in total. The Morgan fingerprint density at radius 3 is 1.06 bits per heavy atom. The number of methoxy groups -OCH3 is 1. The highest BCUT2D eigenvalue weighted by Crippen LogP contribution is 2.41. The van der Waals surface area contributed by atoms with Crippen molar-refractivity contribution >= 4 is 10.9 Å². The summed E-state index contributed by atoms with van der Waals surface area (Å²) in [5.41, 5.74) is 0. The minimum Gasteiger partial charge on any atom is -0.497 e. The van der Waals surface area contributed by atoms with E-state index < -0.39 is 83.8 Å². The fraction of sp³-hybridized carbons (Fsp3) is 0.0526. The first-order chi connectivity index (χ1) is 14.5. The molecule has 0 radical (unpaired) electrons. The van der Waals surface area contributed by atoms with Gasteiger partial charge in [0.05, 0.1) is 7.11 Å². The van der Waals surface area contributed by atoms with Crippen molar-refractivity contribution in [2.75, 3.05) is 7.11 Å². The maximum Gasteiger partial charge on any atom is 0.244 e. The van der Waals surface area contributed by atoms with Crippen molar-refractivity contribution < 1.29 is 48.6 Å². The number of halogens is 10. The summed E-state index contributed by atoms with van der Waals surface area (Å²) in [5.74, 6) is -24.8. The Bertz CT molecular complexity index is 1050. The summed E-state index contributed by atoms with van der Waals surface area (Å²) in [6, 6.07) is 4.01. The first kappa shape index (κ1) is 22.8. The topological polar surface area (TPSA) is 9.23 Å². The third-order valence-corrected chi connectivity index (χ3v) is 6.32. The molecule has 0 atom stereocenters. The van der Waals surface area contributed by atoms with Gasteiger partial charge in [0, 0.05) is 0 Å². The van der Waals surface area contributed by atoms with Crippen molar-refractivity contribution in [1.82, 2.24) is 0 Å². The fourth-order valence-corrected chi connectivity index (χ4v) is 4.74. The van der Waals surface area contributed by atoms with Gasteiger partial charge < -0.3 is 4.74 Å². The molecule has 31 heavy (non-hydrogen) atoms. The van der Waals surface area contributed by atoms with Crippen LogP contribution in [0, 0.1) is 58.2 Å². The molecule has 0 aliphatic rings. The lowest BCUT2D eigenvalue weighted by molar-refractivity contribution is 0.355. The number of benzene rings is 3. The van der Waals surface area contributed by atoms with Gasteiger partial charge in [0.1, 0.15) is 16.6 Å². The zero-order valence-electron chi connectivity index (χ0n) is 14.9. The summed E-state index contributed by atoms with van der Waals surface area (Å²) >= 11 is 0. The molecule has 3 aromatic rings. The lowest BCUT2D eigenvalue weighted by atomic mass is 10.3. The van der Waals surface area contributed by atoms with Gasteiger partial charge in [0.15, 0.2) is 4.90 Å². The summed E-state index contributed by atoms with van der Waals surface area (Å²) in [6.07, 6.45) is 0. The number of ether oxygens (including phenoxy) is 1. The smallest absolute Gasteiger partial charge is 0.244 e. The van der Waals surface area contributed by atoms with E-state index in [1.807, 2.05) is 0 Å². The van der Waals surface area contributed by atoms with Crippen LogP contribution in [-0.4, -0.2) is 7.11 Å². The fourth-order valence-electron chi connectivity index (χ4n) is 2.58. The summed E-state index contributed by atoms with van der Waals surface area (Å²) in [5, 5.41) is 0. The van der Waals surface area contributed by atoms with Gasteiger partial charge in [-0.2, -0.15) is 17.6 Å². The molecule has 0 saturated carbocycles. The normalized spacial score (nSPS) is 11.4. The number of rotatable bonds is 4. The maximum atomic E-state index is 14.5. The van der Waals surface area contributed by atoms with Gasteiger partial charge in [-0.15, -0.1) is 0 Å². The predicted octanol–water partition coefficient (Wildman–Crippen LogP) is 6.18. The van der Waals surface area contributed by atoms with E-state index in [2.05, 4.69) is 0 Å². The molecule has 0 unspecified atom stereocenters. The minimum atomic E-state index is -2.98. The van der Waals surface area contributed by atoms with E-state index in [4.69, 9.17) is 4.74 Å². The van der Waals surface area contributed by atoms with Crippen LogP contribution in [0.25, 0.3) is 0 Å². The van der Waals surface area contributed by atoms with Gasteiger partial charge in [-0.3, -0.25) is 0 Å². The van der Waals surface area contributed by atoms with E-state index in [0.29, 0.717) is 0 Å². The van der Waals surface area contributed by atoms with Gasteiger partial charge in [-0.1, -0.05) is 0 Å². The summed E-state index contributed by atoms with van der Waals surface area (Å²) < 4.78 is 145. The molecule has 0 fully saturated rings. The zero-order chi connectivity index (χ0) is 23.2. The summed E-state index contributed by atoms with van der Waals surface area (Å²) in [7, 11) is -1.77. The molecule has 164 valence electrons. The van der Waals surface area contributed by atoms with Crippen LogP contribution in [-0.2, 0) is 10.9 Å². The second-order valence-corrected chi connectivity index (χ2v) is 7.68. The molecule has 0 aliphatic carbocycles. The first-order valence-corrected chi connectivity index (χ1v) is 9.16. The Kier molecular flexibility index (Phi) is 6.12. The van der Waals surface area contributed by atoms with Crippen LogP contribution in [0.3, 0.4) is 0 Å². The van der Waals surface area contributed by atoms with Crippen molar-refractivity contribution in [3.8, 4) is 5.75 Å². The van der Waals surface area contributed by atoms with Crippen molar-refractivity contribution in [2.45, 2.75) is 14.7 Å². The molecular formula is C19H7F10OS+. The number of hydrogen-bond acceptors (Lipinski definition) is 1. The van der Waals surface area contributed by atoms with E-state index in [-0.39, 0.29) is 5.75 Å². The quantitative estimate of drug-likeness (QED) is 0.190. The standard InChI is InChI=1S/C19H7F10OS/c1-30-6-2-4-7(5-3-6)31(18-14(26)10(22)8(20)11(23)15(18)27)19-16(28)12(24)9(21)13(25)17(19)29/h2-5H,1H3/q+1. The van der Waals surface area contributed by atoms with Gasteiger partial charge in [0.2, 0.25) is 68.0 Å². The molecule has 3 aromatic carbocycles. The summed E-state index contributed by atoms with van der Waals surface area (Å²) in [6.45, 7) is 0. The molecule has 0 aliphatic heterocycles. The lowest BCUT2D eigenvalue weighted by Crippen LogP contribution is -2.19. The van der Waals surface area contributed by atoms with Crippen LogP contribution in [0.15, 0.2) is 39.0 Å². The van der Waals surface area contributed by atoms with Crippen molar-refractivity contribution in [1.29, 1.82) is 0 Å². The molecule has 0 amide bonds. The van der Waals surface area contributed by atoms with Crippen molar-refractivity contribution in [2.24, 2.45) is 0 Å². The van der Waals surface area contributed by atoms with Gasteiger partial charge in [-0.25, -0.2) is 26.3 Å². The maximum absolute atomic E-state index is 14.5. The monoisotopic (exact) mass is 473 g/mol. The zero-order valence-corrected chi connectivity index (χ0v) is 15.7. The highest BCUT2D eigenvalue weighted by molar-refractivity contribution is 7.97.